The van der Waals surface area contributed by atoms with Gasteiger partial charge in [0.25, 0.3) is 0 Å². The van der Waals surface area contributed by atoms with E-state index in [-0.39, 0.29) is 25.2 Å². The van der Waals surface area contributed by atoms with Crippen LogP contribution in [-0.2, 0) is 30.4 Å². The highest BCUT2D eigenvalue weighted by atomic mass is 16.6. The van der Waals surface area contributed by atoms with Gasteiger partial charge in [0, 0.05) is 12.8 Å². The topological polar surface area (TPSA) is 61.8 Å². The average molecular weight is 431 g/mol. The Hall–Kier alpha value is -2.14. The first-order valence-electron chi connectivity index (χ1n) is 11.9. The van der Waals surface area contributed by atoms with Crippen LogP contribution >= 0.6 is 0 Å². The third-order valence-electron chi connectivity index (χ3n) is 5.31. The largest absolute Gasteiger partial charge is 0.462 e. The fraction of sp³-hybridized carbons (Fsp3) is 0.615. The first-order chi connectivity index (χ1) is 15.2. The normalized spacial score (nSPS) is 22.1. The molecule has 0 amide bonds. The minimum absolute atomic E-state index is 0.0458. The van der Waals surface area contributed by atoms with Crippen LogP contribution < -0.4 is 0 Å². The maximum atomic E-state index is 12.3. The van der Waals surface area contributed by atoms with Crippen LogP contribution in [0.2, 0.25) is 0 Å². The quantitative estimate of drug-likeness (QED) is 0.439. The molecule has 2 rings (SSSR count). The standard InChI is InChI=1S/C26H38O5/c27-25-18-14-9-7-5-3-1-2-4-6-8-10-15-19-26(28)31-24(22-30-25)21-29-20-23-16-12-11-13-17-23/h1-2,11-13,16-17,24H,3-10,14-15,18-22H2/b2-1-/t24-/m1/s1. The molecule has 172 valence electrons. The van der Waals surface area contributed by atoms with E-state index in [0.29, 0.717) is 19.4 Å². The summed E-state index contributed by atoms with van der Waals surface area (Å²) in [7, 11) is 0. The van der Waals surface area contributed by atoms with E-state index in [1.54, 1.807) is 0 Å². The molecule has 1 atom stereocenters. The molecule has 0 saturated carbocycles. The van der Waals surface area contributed by atoms with Gasteiger partial charge in [0.2, 0.25) is 0 Å². The summed E-state index contributed by atoms with van der Waals surface area (Å²) in [5.41, 5.74) is 1.05. The molecule has 5 heteroatoms. The number of carbonyl (C=O) groups excluding carboxylic acids is 2. The number of ether oxygens (including phenoxy) is 3. The van der Waals surface area contributed by atoms with Crippen molar-refractivity contribution in [2.45, 2.75) is 89.8 Å². The van der Waals surface area contributed by atoms with E-state index >= 15 is 0 Å². The number of cyclic esters (lactones) is 2. The number of hydrogen-bond donors (Lipinski definition) is 0. The Bertz CT molecular complexity index is 640. The Morgan fingerprint density at radius 3 is 2.06 bits per heavy atom. The Labute approximate surface area is 187 Å². The zero-order chi connectivity index (χ0) is 22.0. The van der Waals surface area contributed by atoms with Gasteiger partial charge in [-0.2, -0.15) is 0 Å². The van der Waals surface area contributed by atoms with E-state index < -0.39 is 6.10 Å². The van der Waals surface area contributed by atoms with Gasteiger partial charge in [0.15, 0.2) is 6.10 Å². The van der Waals surface area contributed by atoms with Crippen molar-refractivity contribution in [2.75, 3.05) is 13.2 Å². The van der Waals surface area contributed by atoms with Crippen molar-refractivity contribution in [2.24, 2.45) is 0 Å². The van der Waals surface area contributed by atoms with Gasteiger partial charge in [-0.05, 0) is 44.1 Å². The van der Waals surface area contributed by atoms with Crippen molar-refractivity contribution in [1.82, 2.24) is 0 Å². The maximum Gasteiger partial charge on any atom is 0.306 e. The highest BCUT2D eigenvalue weighted by molar-refractivity contribution is 5.70. The number of allylic oxidation sites excluding steroid dienone is 2. The van der Waals surface area contributed by atoms with Crippen LogP contribution in [0.3, 0.4) is 0 Å². The maximum absolute atomic E-state index is 12.3. The van der Waals surface area contributed by atoms with Crippen LogP contribution in [0.1, 0.15) is 82.6 Å². The van der Waals surface area contributed by atoms with Crippen molar-refractivity contribution in [3.8, 4) is 0 Å². The number of carbonyl (C=O) groups is 2. The summed E-state index contributed by atoms with van der Waals surface area (Å²) in [5.74, 6) is -0.489. The number of benzene rings is 1. The molecule has 0 spiro atoms. The predicted octanol–water partition coefficient (Wildman–Crippen LogP) is 5.91. The van der Waals surface area contributed by atoms with Gasteiger partial charge in [0.1, 0.15) is 6.61 Å². The molecule has 0 unspecified atom stereocenters. The molecule has 5 nitrogen and oxygen atoms in total. The van der Waals surface area contributed by atoms with Crippen LogP contribution in [-0.4, -0.2) is 31.3 Å². The highest BCUT2D eigenvalue weighted by Gasteiger charge is 2.17. The summed E-state index contributed by atoms with van der Waals surface area (Å²) in [5, 5.41) is 0. The van der Waals surface area contributed by atoms with Gasteiger partial charge < -0.3 is 14.2 Å². The van der Waals surface area contributed by atoms with Gasteiger partial charge in [-0.15, -0.1) is 0 Å². The second kappa shape index (κ2) is 16.5. The lowest BCUT2D eigenvalue weighted by Crippen LogP contribution is -2.29. The lowest BCUT2D eigenvalue weighted by atomic mass is 10.1. The molecule has 0 bridgehead atoms. The predicted molar refractivity (Wildman–Crippen MR) is 121 cm³/mol. The molecule has 1 heterocycles. The Morgan fingerprint density at radius 1 is 0.774 bits per heavy atom. The molecule has 0 saturated heterocycles. The summed E-state index contributed by atoms with van der Waals surface area (Å²) >= 11 is 0. The Morgan fingerprint density at radius 2 is 1.39 bits per heavy atom. The third-order valence-corrected chi connectivity index (χ3v) is 5.31. The first kappa shape index (κ1) is 25.1. The Kier molecular flexibility index (Phi) is 13.4. The van der Waals surface area contributed by atoms with Crippen LogP contribution in [0.5, 0.6) is 0 Å². The molecule has 1 aromatic carbocycles. The van der Waals surface area contributed by atoms with E-state index in [1.165, 1.54) is 6.42 Å². The summed E-state index contributed by atoms with van der Waals surface area (Å²) < 4.78 is 16.7. The monoisotopic (exact) mass is 430 g/mol. The molecule has 1 aliphatic rings. The number of rotatable bonds is 4. The zero-order valence-electron chi connectivity index (χ0n) is 18.8. The van der Waals surface area contributed by atoms with Gasteiger partial charge in [-0.3, -0.25) is 9.59 Å². The lowest BCUT2D eigenvalue weighted by Gasteiger charge is -2.18. The van der Waals surface area contributed by atoms with Crippen molar-refractivity contribution >= 4 is 11.9 Å². The second-order valence-corrected chi connectivity index (χ2v) is 8.17. The second-order valence-electron chi connectivity index (χ2n) is 8.17. The van der Waals surface area contributed by atoms with Crippen LogP contribution in [0.25, 0.3) is 0 Å². The average Bonchev–Trinajstić information content (AvgIpc) is 2.77. The Balaban J connectivity index is 1.81. The molecular formula is C26H38O5. The molecule has 0 radical (unpaired) electrons. The minimum Gasteiger partial charge on any atom is -0.462 e. The molecule has 0 N–H and O–H groups in total. The molecular weight excluding hydrogens is 392 g/mol. The summed E-state index contributed by atoms with van der Waals surface area (Å²) in [6.07, 6.45) is 15.3. The van der Waals surface area contributed by atoms with Crippen LogP contribution in [0.15, 0.2) is 42.5 Å². The summed E-state index contributed by atoms with van der Waals surface area (Å²) in [4.78, 5) is 24.3. The number of hydrogen-bond acceptors (Lipinski definition) is 5. The molecule has 0 fully saturated rings. The van der Waals surface area contributed by atoms with E-state index in [9.17, 15) is 9.59 Å². The van der Waals surface area contributed by atoms with Gasteiger partial charge in [-0.1, -0.05) is 68.2 Å². The smallest absolute Gasteiger partial charge is 0.306 e. The van der Waals surface area contributed by atoms with E-state index in [2.05, 4.69) is 12.2 Å². The van der Waals surface area contributed by atoms with Crippen LogP contribution in [0, 0.1) is 0 Å². The molecule has 31 heavy (non-hydrogen) atoms. The zero-order valence-corrected chi connectivity index (χ0v) is 18.8. The number of esters is 2. The van der Waals surface area contributed by atoms with Gasteiger partial charge in [-0.25, -0.2) is 0 Å². The first-order valence-corrected chi connectivity index (χ1v) is 11.9. The van der Waals surface area contributed by atoms with Crippen molar-refractivity contribution < 1.29 is 23.8 Å². The van der Waals surface area contributed by atoms with E-state index in [0.717, 1.165) is 63.4 Å². The van der Waals surface area contributed by atoms with Crippen molar-refractivity contribution in [3.63, 3.8) is 0 Å². The fourth-order valence-corrected chi connectivity index (χ4v) is 3.51. The van der Waals surface area contributed by atoms with Crippen molar-refractivity contribution in [1.29, 1.82) is 0 Å². The lowest BCUT2D eigenvalue weighted by molar-refractivity contribution is -0.163. The van der Waals surface area contributed by atoms with E-state index in [4.69, 9.17) is 14.2 Å². The minimum atomic E-state index is -0.573. The van der Waals surface area contributed by atoms with Crippen LogP contribution in [0.4, 0.5) is 0 Å². The molecule has 0 aromatic heterocycles. The molecule has 1 aromatic rings. The summed E-state index contributed by atoms with van der Waals surface area (Å²) in [6.45, 7) is 0.682. The SMILES string of the molecule is O=C1CCCCCC/C=C\CCCCCCC(=O)O[C@H](COCc2ccccc2)CO1. The van der Waals surface area contributed by atoms with Gasteiger partial charge in [0.05, 0.1) is 13.2 Å². The summed E-state index contributed by atoms with van der Waals surface area (Å²) in [6, 6.07) is 9.83. The highest BCUT2D eigenvalue weighted by Crippen LogP contribution is 2.11. The fourth-order valence-electron chi connectivity index (χ4n) is 3.51. The van der Waals surface area contributed by atoms with Crippen molar-refractivity contribution in [3.05, 3.63) is 48.0 Å². The third kappa shape index (κ3) is 13.0. The molecule has 1 aliphatic heterocycles. The molecule has 0 aliphatic carbocycles. The van der Waals surface area contributed by atoms with E-state index in [1.807, 2.05) is 30.3 Å². The van der Waals surface area contributed by atoms with Gasteiger partial charge >= 0.3 is 11.9 Å².